The standard InChI is InChI=1S/C33H43N3O5S/c1-8-26(6)34-33(38)29(9-2)35(21-27-12-10-11-24(4)19-27)32(37)22-36(30-20-25(5)15-18-31(30)41-7)42(39,40)28-16-13-23(3)14-17-28/h10-20,26,29H,8-9,21-22H2,1-7H3,(H,34,38)/t26-,29+/m1/s1. The van der Waals surface area contributed by atoms with Crippen LogP contribution in [-0.2, 0) is 26.2 Å². The quantitative estimate of drug-likeness (QED) is 0.281. The molecule has 0 saturated carbocycles. The molecule has 0 heterocycles. The topological polar surface area (TPSA) is 96.0 Å². The summed E-state index contributed by atoms with van der Waals surface area (Å²) in [6, 6.07) is 18.6. The Morgan fingerprint density at radius 1 is 0.881 bits per heavy atom. The van der Waals surface area contributed by atoms with Crippen LogP contribution in [0, 0.1) is 20.8 Å². The van der Waals surface area contributed by atoms with Crippen molar-refractivity contribution >= 4 is 27.5 Å². The number of carbonyl (C=O) groups is 2. The van der Waals surface area contributed by atoms with Crippen molar-refractivity contribution in [2.75, 3.05) is 18.0 Å². The minimum atomic E-state index is -4.20. The van der Waals surface area contributed by atoms with Crippen LogP contribution in [0.15, 0.2) is 71.6 Å². The number of aryl methyl sites for hydroxylation is 3. The number of carbonyl (C=O) groups excluding carboxylic acids is 2. The van der Waals surface area contributed by atoms with E-state index < -0.39 is 28.5 Å². The Hall–Kier alpha value is -3.85. The molecule has 0 spiro atoms. The molecule has 42 heavy (non-hydrogen) atoms. The van der Waals surface area contributed by atoms with Crippen LogP contribution in [0.25, 0.3) is 0 Å². The highest BCUT2D eigenvalue weighted by Gasteiger charge is 2.35. The summed E-state index contributed by atoms with van der Waals surface area (Å²) >= 11 is 0. The number of nitrogens with zero attached hydrogens (tertiary/aromatic N) is 2. The molecule has 0 radical (unpaired) electrons. The summed E-state index contributed by atoms with van der Waals surface area (Å²) in [5, 5.41) is 3.00. The van der Waals surface area contributed by atoms with Crippen LogP contribution in [0.5, 0.6) is 5.75 Å². The Morgan fingerprint density at radius 2 is 1.52 bits per heavy atom. The minimum Gasteiger partial charge on any atom is -0.495 e. The number of methoxy groups -OCH3 is 1. The fourth-order valence-electron chi connectivity index (χ4n) is 4.71. The van der Waals surface area contributed by atoms with Crippen molar-refractivity contribution in [3.8, 4) is 5.75 Å². The van der Waals surface area contributed by atoms with Crippen molar-refractivity contribution in [2.24, 2.45) is 0 Å². The Morgan fingerprint density at radius 3 is 2.12 bits per heavy atom. The lowest BCUT2D eigenvalue weighted by Gasteiger charge is -2.34. The van der Waals surface area contributed by atoms with Crippen LogP contribution in [-0.4, -0.2) is 50.9 Å². The molecule has 0 aromatic heterocycles. The van der Waals surface area contributed by atoms with Crippen LogP contribution >= 0.6 is 0 Å². The number of ether oxygens (including phenoxy) is 1. The number of rotatable bonds is 13. The maximum absolute atomic E-state index is 14.3. The molecular weight excluding hydrogens is 550 g/mol. The predicted octanol–water partition coefficient (Wildman–Crippen LogP) is 5.54. The van der Waals surface area contributed by atoms with E-state index in [-0.39, 0.29) is 29.1 Å². The molecule has 2 atom stereocenters. The van der Waals surface area contributed by atoms with Gasteiger partial charge in [0.15, 0.2) is 0 Å². The molecule has 3 aromatic rings. The largest absolute Gasteiger partial charge is 0.495 e. The maximum atomic E-state index is 14.3. The van der Waals surface area contributed by atoms with Gasteiger partial charge in [0.2, 0.25) is 11.8 Å². The molecule has 1 N–H and O–H groups in total. The lowest BCUT2D eigenvalue weighted by molar-refractivity contribution is -0.140. The smallest absolute Gasteiger partial charge is 0.264 e. The van der Waals surface area contributed by atoms with Crippen LogP contribution in [0.4, 0.5) is 5.69 Å². The fourth-order valence-corrected chi connectivity index (χ4v) is 6.13. The van der Waals surface area contributed by atoms with Gasteiger partial charge >= 0.3 is 0 Å². The zero-order chi connectivity index (χ0) is 31.0. The third kappa shape index (κ3) is 7.91. The van der Waals surface area contributed by atoms with Gasteiger partial charge in [0, 0.05) is 12.6 Å². The number of sulfonamides is 1. The first-order valence-corrected chi connectivity index (χ1v) is 15.7. The average Bonchev–Trinajstić information content (AvgIpc) is 2.95. The number of hydrogen-bond donors (Lipinski definition) is 1. The number of benzene rings is 3. The molecule has 0 aliphatic heterocycles. The van der Waals surface area contributed by atoms with Crippen LogP contribution in [0.1, 0.15) is 55.9 Å². The lowest BCUT2D eigenvalue weighted by atomic mass is 10.1. The zero-order valence-electron chi connectivity index (χ0n) is 25.7. The maximum Gasteiger partial charge on any atom is 0.264 e. The molecule has 0 bridgehead atoms. The Kier molecular flexibility index (Phi) is 11.2. The zero-order valence-corrected chi connectivity index (χ0v) is 26.5. The third-order valence-electron chi connectivity index (χ3n) is 7.31. The normalized spacial score (nSPS) is 12.7. The van der Waals surface area contributed by atoms with Gasteiger partial charge in [-0.1, -0.05) is 67.4 Å². The summed E-state index contributed by atoms with van der Waals surface area (Å²) in [6.45, 7) is 11.1. The second kappa shape index (κ2) is 14.4. The van der Waals surface area contributed by atoms with E-state index in [1.54, 1.807) is 24.3 Å². The van der Waals surface area contributed by atoms with Gasteiger partial charge in [-0.2, -0.15) is 0 Å². The monoisotopic (exact) mass is 593 g/mol. The molecule has 0 aliphatic rings. The molecule has 3 aromatic carbocycles. The number of hydrogen-bond acceptors (Lipinski definition) is 5. The van der Waals surface area contributed by atoms with E-state index in [4.69, 9.17) is 4.74 Å². The van der Waals surface area contributed by atoms with Gasteiger partial charge in [-0.3, -0.25) is 13.9 Å². The van der Waals surface area contributed by atoms with E-state index in [2.05, 4.69) is 5.32 Å². The summed E-state index contributed by atoms with van der Waals surface area (Å²) in [4.78, 5) is 29.3. The van der Waals surface area contributed by atoms with E-state index in [1.807, 2.05) is 71.9 Å². The first-order valence-electron chi connectivity index (χ1n) is 14.3. The molecule has 0 aliphatic carbocycles. The SMILES string of the molecule is CC[C@@H](C)NC(=O)[C@H](CC)N(Cc1cccc(C)c1)C(=O)CN(c1cc(C)ccc1OC)S(=O)(=O)c1ccc(C)cc1. The molecule has 2 amide bonds. The summed E-state index contributed by atoms with van der Waals surface area (Å²) in [5.41, 5.74) is 3.83. The van der Waals surface area contributed by atoms with E-state index >= 15 is 0 Å². The van der Waals surface area contributed by atoms with Crippen molar-refractivity contribution in [2.45, 2.75) is 77.9 Å². The second-order valence-corrected chi connectivity index (χ2v) is 12.6. The van der Waals surface area contributed by atoms with Crippen molar-refractivity contribution < 1.29 is 22.7 Å². The summed E-state index contributed by atoms with van der Waals surface area (Å²) in [5.74, 6) is -0.452. The van der Waals surface area contributed by atoms with E-state index in [1.165, 1.54) is 24.1 Å². The molecule has 0 fully saturated rings. The number of anilines is 1. The first-order chi connectivity index (χ1) is 19.9. The highest BCUT2D eigenvalue weighted by atomic mass is 32.2. The fraction of sp³-hybridized carbons (Fsp3) is 0.394. The van der Waals surface area contributed by atoms with Gasteiger partial charge in [0.1, 0.15) is 18.3 Å². The average molecular weight is 594 g/mol. The molecule has 226 valence electrons. The van der Waals surface area contributed by atoms with Gasteiger partial charge in [-0.15, -0.1) is 0 Å². The Balaban J connectivity index is 2.13. The van der Waals surface area contributed by atoms with Crippen molar-refractivity contribution in [1.82, 2.24) is 10.2 Å². The highest BCUT2D eigenvalue weighted by Crippen LogP contribution is 2.34. The molecule has 8 nitrogen and oxygen atoms in total. The predicted molar refractivity (Wildman–Crippen MR) is 167 cm³/mol. The molecule has 9 heteroatoms. The van der Waals surface area contributed by atoms with Gasteiger partial charge in [-0.25, -0.2) is 8.42 Å². The number of nitrogens with one attached hydrogen (secondary N) is 1. The molecule has 0 saturated heterocycles. The van der Waals surface area contributed by atoms with Gasteiger partial charge in [0.05, 0.1) is 17.7 Å². The lowest BCUT2D eigenvalue weighted by Crippen LogP contribution is -2.53. The molecule has 0 unspecified atom stereocenters. The van der Waals surface area contributed by atoms with Crippen LogP contribution in [0.2, 0.25) is 0 Å². The van der Waals surface area contributed by atoms with E-state index in [9.17, 15) is 18.0 Å². The van der Waals surface area contributed by atoms with Gasteiger partial charge in [0.25, 0.3) is 10.0 Å². The van der Waals surface area contributed by atoms with Crippen molar-refractivity contribution in [1.29, 1.82) is 0 Å². The summed E-state index contributed by atoms with van der Waals surface area (Å²) in [6.07, 6.45) is 1.10. The Labute approximate surface area is 250 Å². The third-order valence-corrected chi connectivity index (χ3v) is 9.09. The molecular formula is C33H43N3O5S. The van der Waals surface area contributed by atoms with Crippen molar-refractivity contribution in [3.05, 3.63) is 89.0 Å². The number of amides is 2. The highest BCUT2D eigenvalue weighted by molar-refractivity contribution is 7.92. The summed E-state index contributed by atoms with van der Waals surface area (Å²) in [7, 11) is -2.74. The molecule has 3 rings (SSSR count). The first kappa shape index (κ1) is 32.7. The van der Waals surface area contributed by atoms with Crippen LogP contribution in [0.3, 0.4) is 0 Å². The minimum absolute atomic E-state index is 0.0521. The Bertz CT molecular complexity index is 1490. The summed E-state index contributed by atoms with van der Waals surface area (Å²) < 4.78 is 35.0. The van der Waals surface area contributed by atoms with Crippen LogP contribution < -0.4 is 14.4 Å². The van der Waals surface area contributed by atoms with Crippen molar-refractivity contribution in [3.63, 3.8) is 0 Å². The van der Waals surface area contributed by atoms with E-state index in [0.29, 0.717) is 12.2 Å². The van der Waals surface area contributed by atoms with Gasteiger partial charge < -0.3 is 15.0 Å². The van der Waals surface area contributed by atoms with E-state index in [0.717, 1.165) is 33.0 Å². The second-order valence-electron chi connectivity index (χ2n) is 10.8. The van der Waals surface area contributed by atoms with Gasteiger partial charge in [-0.05, 0) is 75.9 Å².